The second-order valence-electron chi connectivity index (χ2n) is 6.07. The van der Waals surface area contributed by atoms with E-state index in [1.165, 1.54) is 0 Å². The number of nitrogens with zero attached hydrogens (tertiary/aromatic N) is 3. The van der Waals surface area contributed by atoms with E-state index in [1.54, 1.807) is 17.1 Å². The van der Waals surface area contributed by atoms with E-state index in [-0.39, 0.29) is 5.91 Å². The predicted octanol–water partition coefficient (Wildman–Crippen LogP) is 1.86. The molecule has 2 aromatic rings. The summed E-state index contributed by atoms with van der Waals surface area (Å²) in [5.41, 5.74) is 0.610. The maximum Gasteiger partial charge on any atom is 0.254 e. The van der Waals surface area contributed by atoms with Crippen LogP contribution in [-0.4, -0.2) is 37.9 Å². The Bertz CT molecular complexity index is 675. The number of carbonyl (C=O) groups is 1. The molecule has 0 bridgehead atoms. The summed E-state index contributed by atoms with van der Waals surface area (Å²) in [4.78, 5) is 16.8. The van der Waals surface area contributed by atoms with Gasteiger partial charge >= 0.3 is 0 Å². The fraction of sp³-hybridized carbons (Fsp3) is 0.471. The first kappa shape index (κ1) is 15.7. The van der Waals surface area contributed by atoms with Gasteiger partial charge in [0, 0.05) is 12.7 Å². The monoisotopic (exact) mass is 314 g/mol. The Kier molecular flexibility index (Phi) is 4.43. The highest BCUT2D eigenvalue weighted by molar-refractivity contribution is 5.95. The molecule has 2 heterocycles. The molecule has 6 nitrogen and oxygen atoms in total. The number of amides is 1. The SMILES string of the molecule is CCc1c(C(=O)NCC2(O)CCCC2)cnn1-c1ccccn1. The normalized spacial score (nSPS) is 16.4. The molecule has 0 atom stereocenters. The maximum absolute atomic E-state index is 12.5. The molecule has 0 spiro atoms. The molecular formula is C17H22N4O2. The molecule has 0 aliphatic heterocycles. The van der Waals surface area contributed by atoms with Gasteiger partial charge in [-0.05, 0) is 31.4 Å². The van der Waals surface area contributed by atoms with Crippen LogP contribution < -0.4 is 5.32 Å². The first-order valence-corrected chi connectivity index (χ1v) is 8.12. The third-order valence-electron chi connectivity index (χ3n) is 4.43. The molecule has 2 N–H and O–H groups in total. The van der Waals surface area contributed by atoms with Crippen LogP contribution in [0.5, 0.6) is 0 Å². The average Bonchev–Trinajstić information content (AvgIpc) is 3.20. The van der Waals surface area contributed by atoms with Crippen LogP contribution in [0.15, 0.2) is 30.6 Å². The smallest absolute Gasteiger partial charge is 0.254 e. The van der Waals surface area contributed by atoms with E-state index in [0.717, 1.165) is 31.4 Å². The number of aromatic nitrogens is 3. The van der Waals surface area contributed by atoms with Crippen molar-refractivity contribution in [2.24, 2.45) is 0 Å². The minimum atomic E-state index is -0.751. The molecule has 0 radical (unpaired) electrons. The molecule has 1 saturated carbocycles. The van der Waals surface area contributed by atoms with E-state index in [0.29, 0.717) is 24.3 Å². The van der Waals surface area contributed by atoms with Crippen molar-refractivity contribution in [1.29, 1.82) is 0 Å². The van der Waals surface area contributed by atoms with Crippen LogP contribution in [0.3, 0.4) is 0 Å². The van der Waals surface area contributed by atoms with Gasteiger partial charge in [-0.15, -0.1) is 0 Å². The molecule has 3 rings (SSSR count). The third kappa shape index (κ3) is 3.27. The van der Waals surface area contributed by atoms with Crippen LogP contribution >= 0.6 is 0 Å². The molecule has 1 amide bonds. The summed E-state index contributed by atoms with van der Waals surface area (Å²) in [6.07, 6.45) is 7.48. The van der Waals surface area contributed by atoms with Gasteiger partial charge in [0.05, 0.1) is 23.1 Å². The summed E-state index contributed by atoms with van der Waals surface area (Å²) in [5.74, 6) is 0.502. The van der Waals surface area contributed by atoms with Crippen LogP contribution in [0.2, 0.25) is 0 Å². The van der Waals surface area contributed by atoms with Crippen molar-refractivity contribution in [3.8, 4) is 5.82 Å². The van der Waals surface area contributed by atoms with E-state index >= 15 is 0 Å². The zero-order chi connectivity index (χ0) is 16.3. The fourth-order valence-electron chi connectivity index (χ4n) is 3.13. The van der Waals surface area contributed by atoms with E-state index < -0.39 is 5.60 Å². The maximum atomic E-state index is 12.5. The number of nitrogens with one attached hydrogen (secondary N) is 1. The number of hydrogen-bond donors (Lipinski definition) is 2. The Morgan fingerprint density at radius 3 is 2.83 bits per heavy atom. The second kappa shape index (κ2) is 6.50. The van der Waals surface area contributed by atoms with Crippen molar-refractivity contribution in [1.82, 2.24) is 20.1 Å². The highest BCUT2D eigenvalue weighted by atomic mass is 16.3. The van der Waals surface area contributed by atoms with E-state index in [2.05, 4.69) is 15.4 Å². The number of hydrogen-bond acceptors (Lipinski definition) is 4. The standard InChI is InChI=1S/C17H22N4O2/c1-2-14-13(11-20-21(14)15-7-3-6-10-18-15)16(22)19-12-17(23)8-4-5-9-17/h3,6-7,10-11,23H,2,4-5,8-9,12H2,1H3,(H,19,22). The highest BCUT2D eigenvalue weighted by Crippen LogP contribution is 2.28. The predicted molar refractivity (Wildman–Crippen MR) is 86.5 cm³/mol. The second-order valence-corrected chi connectivity index (χ2v) is 6.07. The molecule has 0 saturated heterocycles. The number of pyridine rings is 1. The summed E-state index contributed by atoms with van der Waals surface area (Å²) in [7, 11) is 0. The van der Waals surface area contributed by atoms with Gasteiger partial charge in [-0.1, -0.05) is 25.8 Å². The first-order chi connectivity index (χ1) is 11.1. The third-order valence-corrected chi connectivity index (χ3v) is 4.43. The van der Waals surface area contributed by atoms with E-state index in [4.69, 9.17) is 0 Å². The van der Waals surface area contributed by atoms with Crippen molar-refractivity contribution >= 4 is 5.91 Å². The average molecular weight is 314 g/mol. The van der Waals surface area contributed by atoms with E-state index in [9.17, 15) is 9.90 Å². The molecule has 6 heteroatoms. The minimum absolute atomic E-state index is 0.190. The zero-order valence-corrected chi connectivity index (χ0v) is 13.3. The van der Waals surface area contributed by atoms with Gasteiger partial charge in [0.1, 0.15) is 0 Å². The lowest BCUT2D eigenvalue weighted by atomic mass is 10.0. The lowest BCUT2D eigenvalue weighted by Crippen LogP contribution is -2.40. The Labute approximate surface area is 135 Å². The lowest BCUT2D eigenvalue weighted by molar-refractivity contribution is 0.0449. The van der Waals surface area contributed by atoms with Crippen LogP contribution in [0.1, 0.15) is 48.7 Å². The van der Waals surface area contributed by atoms with Gasteiger partial charge in [-0.3, -0.25) is 4.79 Å². The first-order valence-electron chi connectivity index (χ1n) is 8.12. The van der Waals surface area contributed by atoms with Gasteiger partial charge in [-0.2, -0.15) is 5.10 Å². The molecule has 2 aromatic heterocycles. The van der Waals surface area contributed by atoms with Crippen molar-refractivity contribution in [2.75, 3.05) is 6.54 Å². The summed E-state index contributed by atoms with van der Waals surface area (Å²) in [5, 5.41) is 17.5. The highest BCUT2D eigenvalue weighted by Gasteiger charge is 2.31. The summed E-state index contributed by atoms with van der Waals surface area (Å²) in [6, 6.07) is 5.59. The quantitative estimate of drug-likeness (QED) is 0.883. The van der Waals surface area contributed by atoms with Crippen molar-refractivity contribution < 1.29 is 9.90 Å². The number of rotatable bonds is 5. The molecule has 0 unspecified atom stereocenters. The van der Waals surface area contributed by atoms with Crippen LogP contribution in [0.4, 0.5) is 0 Å². The molecule has 1 fully saturated rings. The molecule has 1 aliphatic rings. The molecule has 0 aromatic carbocycles. The molecule has 23 heavy (non-hydrogen) atoms. The largest absolute Gasteiger partial charge is 0.388 e. The van der Waals surface area contributed by atoms with Gasteiger partial charge < -0.3 is 10.4 Å². The summed E-state index contributed by atoms with van der Waals surface area (Å²) in [6.45, 7) is 2.28. The van der Waals surface area contributed by atoms with Crippen LogP contribution in [-0.2, 0) is 6.42 Å². The van der Waals surface area contributed by atoms with Crippen LogP contribution in [0.25, 0.3) is 5.82 Å². The Balaban J connectivity index is 1.77. The van der Waals surface area contributed by atoms with E-state index in [1.807, 2.05) is 25.1 Å². The summed E-state index contributed by atoms with van der Waals surface area (Å²) < 4.78 is 1.69. The summed E-state index contributed by atoms with van der Waals surface area (Å²) >= 11 is 0. The van der Waals surface area contributed by atoms with Gasteiger partial charge in [0.15, 0.2) is 5.82 Å². The van der Waals surface area contributed by atoms with Gasteiger partial charge in [0.2, 0.25) is 0 Å². The van der Waals surface area contributed by atoms with Crippen molar-refractivity contribution in [3.05, 3.63) is 41.9 Å². The van der Waals surface area contributed by atoms with Gasteiger partial charge in [0.25, 0.3) is 5.91 Å². The fourth-order valence-corrected chi connectivity index (χ4v) is 3.13. The van der Waals surface area contributed by atoms with Gasteiger partial charge in [-0.25, -0.2) is 9.67 Å². The Morgan fingerprint density at radius 1 is 1.39 bits per heavy atom. The van der Waals surface area contributed by atoms with Crippen molar-refractivity contribution in [3.63, 3.8) is 0 Å². The van der Waals surface area contributed by atoms with Crippen LogP contribution in [0, 0.1) is 0 Å². The minimum Gasteiger partial charge on any atom is -0.388 e. The lowest BCUT2D eigenvalue weighted by Gasteiger charge is -2.22. The molecule has 1 aliphatic carbocycles. The number of carbonyl (C=O) groups excluding carboxylic acids is 1. The number of aliphatic hydroxyl groups is 1. The molecule has 122 valence electrons. The topological polar surface area (TPSA) is 80.0 Å². The molecular weight excluding hydrogens is 292 g/mol. The van der Waals surface area contributed by atoms with Crippen molar-refractivity contribution in [2.45, 2.75) is 44.6 Å². The Hall–Kier alpha value is -2.21. The Morgan fingerprint density at radius 2 is 2.17 bits per heavy atom. The zero-order valence-electron chi connectivity index (χ0n) is 13.3.